The summed E-state index contributed by atoms with van der Waals surface area (Å²) in [7, 11) is -0.189. The van der Waals surface area contributed by atoms with Crippen LogP contribution in [0.2, 0.25) is 0 Å². The van der Waals surface area contributed by atoms with E-state index in [1.165, 1.54) is 4.31 Å². The normalized spacial score (nSPS) is 24.4. The second kappa shape index (κ2) is 6.37. The number of halogens is 1. The topological polar surface area (TPSA) is 71.8 Å². The maximum absolute atomic E-state index is 12.8. The molecule has 0 aromatic carbocycles. The van der Waals surface area contributed by atoms with Crippen LogP contribution in [0.25, 0.3) is 0 Å². The first-order chi connectivity index (χ1) is 9.82. The van der Waals surface area contributed by atoms with E-state index < -0.39 is 15.6 Å². The van der Waals surface area contributed by atoms with Crippen molar-refractivity contribution in [2.75, 3.05) is 27.2 Å². The third kappa shape index (κ3) is 3.50. The zero-order valence-electron chi connectivity index (χ0n) is 12.5. The molecule has 2 heterocycles. The number of piperidine rings is 1. The molecule has 1 saturated heterocycles. The molecule has 1 aliphatic rings. The van der Waals surface area contributed by atoms with Crippen molar-refractivity contribution in [2.24, 2.45) is 0 Å². The van der Waals surface area contributed by atoms with E-state index in [4.69, 9.17) is 9.15 Å². The molecule has 0 bridgehead atoms. The van der Waals surface area contributed by atoms with Gasteiger partial charge in [-0.2, -0.15) is 4.31 Å². The van der Waals surface area contributed by atoms with Crippen molar-refractivity contribution in [1.29, 1.82) is 0 Å². The quantitative estimate of drug-likeness (QED) is 0.844. The van der Waals surface area contributed by atoms with Crippen LogP contribution in [-0.2, 0) is 21.3 Å². The molecular formula is C13H21BrN2O4S. The number of nitrogens with one attached hydrogen (secondary N) is 1. The number of sulfonamides is 1. The molecule has 1 aromatic rings. The Morgan fingerprint density at radius 2 is 2.29 bits per heavy atom. The lowest BCUT2D eigenvalue weighted by molar-refractivity contribution is -0.0319. The Kier molecular flexibility index (Phi) is 5.15. The van der Waals surface area contributed by atoms with Gasteiger partial charge in [0.25, 0.3) is 0 Å². The molecule has 21 heavy (non-hydrogen) atoms. The van der Waals surface area contributed by atoms with E-state index in [2.05, 4.69) is 21.2 Å². The monoisotopic (exact) mass is 380 g/mol. The van der Waals surface area contributed by atoms with Crippen molar-refractivity contribution in [3.63, 3.8) is 0 Å². The summed E-state index contributed by atoms with van der Waals surface area (Å²) in [4.78, 5) is 0.174. The maximum atomic E-state index is 12.8. The molecule has 0 amide bonds. The minimum absolute atomic E-state index is 0.174. The number of methoxy groups -OCH3 is 1. The molecule has 120 valence electrons. The Balaban J connectivity index is 2.29. The standard InChI is InChI=1S/C13H21BrN2O4S/c1-13(19-3)5-4-6-16(9-13)21(17,18)11-7-10(8-15-2)20-12(11)14/h7,15H,4-6,8-9H2,1-3H3. The molecule has 1 N–H and O–H groups in total. The third-order valence-corrected chi connectivity index (χ3v) is 6.49. The van der Waals surface area contributed by atoms with Crippen molar-refractivity contribution in [1.82, 2.24) is 9.62 Å². The van der Waals surface area contributed by atoms with Crippen molar-refractivity contribution in [2.45, 2.75) is 36.8 Å². The number of furan rings is 1. The zero-order chi connectivity index (χ0) is 15.7. The highest BCUT2D eigenvalue weighted by atomic mass is 79.9. The molecule has 0 radical (unpaired) electrons. The summed E-state index contributed by atoms with van der Waals surface area (Å²) < 4.78 is 38.2. The van der Waals surface area contributed by atoms with Crippen LogP contribution >= 0.6 is 15.9 Å². The van der Waals surface area contributed by atoms with Gasteiger partial charge in [0.05, 0.1) is 12.1 Å². The molecule has 1 atom stereocenters. The van der Waals surface area contributed by atoms with Gasteiger partial charge in [-0.15, -0.1) is 0 Å². The molecule has 0 aliphatic carbocycles. The second-order valence-electron chi connectivity index (χ2n) is 5.48. The molecule has 2 rings (SSSR count). The van der Waals surface area contributed by atoms with Crippen LogP contribution in [0.15, 0.2) is 20.0 Å². The van der Waals surface area contributed by atoms with Crippen LogP contribution in [-0.4, -0.2) is 45.6 Å². The highest BCUT2D eigenvalue weighted by Crippen LogP contribution is 2.33. The van der Waals surface area contributed by atoms with Crippen molar-refractivity contribution in [3.05, 3.63) is 16.5 Å². The highest BCUT2D eigenvalue weighted by molar-refractivity contribution is 9.10. The minimum atomic E-state index is -3.59. The Morgan fingerprint density at radius 3 is 2.90 bits per heavy atom. The van der Waals surface area contributed by atoms with Crippen molar-refractivity contribution in [3.8, 4) is 0 Å². The number of hydrogen-bond donors (Lipinski definition) is 1. The summed E-state index contributed by atoms with van der Waals surface area (Å²) in [5.74, 6) is 0.578. The molecule has 1 unspecified atom stereocenters. The molecule has 1 fully saturated rings. The van der Waals surface area contributed by atoms with Crippen molar-refractivity contribution < 1.29 is 17.6 Å². The van der Waals surface area contributed by atoms with Crippen LogP contribution in [0.3, 0.4) is 0 Å². The fourth-order valence-corrected chi connectivity index (χ4v) is 5.06. The van der Waals surface area contributed by atoms with Gasteiger partial charge in [-0.3, -0.25) is 0 Å². The lowest BCUT2D eigenvalue weighted by Gasteiger charge is -2.38. The lowest BCUT2D eigenvalue weighted by Crippen LogP contribution is -2.49. The zero-order valence-corrected chi connectivity index (χ0v) is 14.9. The van der Waals surface area contributed by atoms with E-state index in [0.29, 0.717) is 25.4 Å². The minimum Gasteiger partial charge on any atom is -0.452 e. The van der Waals surface area contributed by atoms with Gasteiger partial charge in [-0.25, -0.2) is 8.42 Å². The predicted molar refractivity (Wildman–Crippen MR) is 82.6 cm³/mol. The number of hydrogen-bond acceptors (Lipinski definition) is 5. The Labute approximate surface area is 134 Å². The number of ether oxygens (including phenoxy) is 1. The van der Waals surface area contributed by atoms with Crippen molar-refractivity contribution >= 4 is 26.0 Å². The van der Waals surface area contributed by atoms with Gasteiger partial charge in [0.15, 0.2) is 4.67 Å². The van der Waals surface area contributed by atoms with Crippen LogP contribution < -0.4 is 5.32 Å². The van der Waals surface area contributed by atoms with E-state index in [9.17, 15) is 8.42 Å². The summed E-state index contributed by atoms with van der Waals surface area (Å²) >= 11 is 3.20. The van der Waals surface area contributed by atoms with E-state index >= 15 is 0 Å². The second-order valence-corrected chi connectivity index (χ2v) is 8.10. The summed E-state index contributed by atoms with van der Waals surface area (Å²) in [6.45, 7) is 3.26. The number of rotatable bonds is 5. The molecule has 0 saturated carbocycles. The Bertz CT molecular complexity index is 601. The molecule has 6 nitrogen and oxygen atoms in total. The van der Waals surface area contributed by atoms with Gasteiger partial charge in [-0.1, -0.05) is 0 Å². The average Bonchev–Trinajstić information content (AvgIpc) is 2.81. The van der Waals surface area contributed by atoms with E-state index in [1.807, 2.05) is 6.92 Å². The van der Waals surface area contributed by atoms with Crippen LogP contribution in [0.4, 0.5) is 0 Å². The molecule has 0 spiro atoms. The first kappa shape index (κ1) is 17.0. The van der Waals surface area contributed by atoms with Gasteiger partial charge in [-0.05, 0) is 42.7 Å². The average molecular weight is 381 g/mol. The third-order valence-electron chi connectivity index (χ3n) is 3.79. The van der Waals surface area contributed by atoms with E-state index in [1.54, 1.807) is 20.2 Å². The molecule has 1 aromatic heterocycles. The largest absolute Gasteiger partial charge is 0.452 e. The summed E-state index contributed by atoms with van der Waals surface area (Å²) in [6, 6.07) is 1.56. The lowest BCUT2D eigenvalue weighted by atomic mass is 9.96. The first-order valence-electron chi connectivity index (χ1n) is 6.80. The highest BCUT2D eigenvalue weighted by Gasteiger charge is 2.38. The van der Waals surface area contributed by atoms with E-state index in [0.717, 1.165) is 12.8 Å². The van der Waals surface area contributed by atoms with Crippen LogP contribution in [0, 0.1) is 0 Å². The van der Waals surface area contributed by atoms with Gasteiger partial charge in [0, 0.05) is 26.3 Å². The van der Waals surface area contributed by atoms with Crippen LogP contribution in [0.1, 0.15) is 25.5 Å². The summed E-state index contributed by atoms with van der Waals surface area (Å²) in [5.41, 5.74) is -0.435. The number of nitrogens with zero attached hydrogens (tertiary/aromatic N) is 1. The summed E-state index contributed by atoms with van der Waals surface area (Å²) in [6.07, 6.45) is 1.63. The molecular weight excluding hydrogens is 360 g/mol. The smallest absolute Gasteiger partial charge is 0.247 e. The fourth-order valence-electron chi connectivity index (χ4n) is 2.51. The van der Waals surface area contributed by atoms with Gasteiger partial charge in [0.2, 0.25) is 10.0 Å². The van der Waals surface area contributed by atoms with E-state index in [-0.39, 0.29) is 9.56 Å². The predicted octanol–water partition coefficient (Wildman–Crippen LogP) is 1.95. The van der Waals surface area contributed by atoms with Gasteiger partial charge < -0.3 is 14.5 Å². The first-order valence-corrected chi connectivity index (χ1v) is 9.04. The van der Waals surface area contributed by atoms with Gasteiger partial charge in [0.1, 0.15) is 10.7 Å². The van der Waals surface area contributed by atoms with Gasteiger partial charge >= 0.3 is 0 Å². The molecule has 8 heteroatoms. The van der Waals surface area contributed by atoms with Crippen LogP contribution in [0.5, 0.6) is 0 Å². The Morgan fingerprint density at radius 1 is 1.57 bits per heavy atom. The summed E-state index contributed by atoms with van der Waals surface area (Å²) in [5, 5.41) is 2.93. The maximum Gasteiger partial charge on any atom is 0.247 e. The Hall–Kier alpha value is -0.410. The fraction of sp³-hybridized carbons (Fsp3) is 0.692. The molecule has 1 aliphatic heterocycles. The SMILES string of the molecule is CNCc1cc(S(=O)(=O)N2CCCC(C)(OC)C2)c(Br)o1.